The molecule has 2 amide bonds. The monoisotopic (exact) mass is 396 g/mol. The highest BCUT2D eigenvalue weighted by Gasteiger charge is 2.29. The summed E-state index contributed by atoms with van der Waals surface area (Å²) in [6, 6.07) is 11.6. The molecule has 6 nitrogen and oxygen atoms in total. The highest BCUT2D eigenvalue weighted by Crippen LogP contribution is 2.23. The van der Waals surface area contributed by atoms with E-state index >= 15 is 0 Å². The number of thiophene rings is 1. The molecule has 2 aromatic heterocycles. The predicted molar refractivity (Wildman–Crippen MR) is 113 cm³/mol. The molecule has 3 heterocycles. The van der Waals surface area contributed by atoms with E-state index in [9.17, 15) is 9.59 Å². The molecule has 1 unspecified atom stereocenters. The number of H-pyrrole nitrogens is 1. The first-order valence-electron chi connectivity index (χ1n) is 9.51. The van der Waals surface area contributed by atoms with Crippen LogP contribution in [0.25, 0.3) is 10.9 Å². The predicted octanol–water partition coefficient (Wildman–Crippen LogP) is 2.63. The molecule has 146 valence electrons. The lowest BCUT2D eigenvalue weighted by atomic mass is 10.0. The Morgan fingerprint density at radius 3 is 2.64 bits per heavy atom. The van der Waals surface area contributed by atoms with Gasteiger partial charge in [-0.1, -0.05) is 18.2 Å². The van der Waals surface area contributed by atoms with Crippen molar-refractivity contribution >= 4 is 39.1 Å². The lowest BCUT2D eigenvalue weighted by Crippen LogP contribution is -2.55. The van der Waals surface area contributed by atoms with Crippen molar-refractivity contribution in [2.45, 2.75) is 19.4 Å². The van der Waals surface area contributed by atoms with Crippen molar-refractivity contribution in [3.8, 4) is 0 Å². The minimum atomic E-state index is -0.551. The lowest BCUT2D eigenvalue weighted by molar-refractivity contribution is -0.136. The van der Waals surface area contributed by atoms with Crippen molar-refractivity contribution in [2.24, 2.45) is 0 Å². The fourth-order valence-electron chi connectivity index (χ4n) is 3.78. The Labute approximate surface area is 168 Å². The van der Waals surface area contributed by atoms with Crippen LogP contribution in [0, 0.1) is 0 Å². The number of aromatic nitrogens is 1. The molecule has 0 aliphatic carbocycles. The van der Waals surface area contributed by atoms with E-state index in [0.717, 1.165) is 29.6 Å². The van der Waals surface area contributed by atoms with Crippen LogP contribution in [-0.4, -0.2) is 53.9 Å². The van der Waals surface area contributed by atoms with Crippen LogP contribution >= 0.6 is 11.3 Å². The Kier molecular flexibility index (Phi) is 5.34. The van der Waals surface area contributed by atoms with Gasteiger partial charge in [0.05, 0.1) is 5.00 Å². The zero-order chi connectivity index (χ0) is 19.5. The van der Waals surface area contributed by atoms with E-state index in [1.54, 1.807) is 11.3 Å². The third-order valence-corrected chi connectivity index (χ3v) is 6.11. The number of hydrogen-bond acceptors (Lipinski definition) is 4. The molecule has 1 aliphatic heterocycles. The molecule has 1 aliphatic rings. The minimum absolute atomic E-state index is 0.00805. The van der Waals surface area contributed by atoms with Crippen molar-refractivity contribution in [3.63, 3.8) is 0 Å². The second-order valence-electron chi connectivity index (χ2n) is 7.08. The van der Waals surface area contributed by atoms with Crippen LogP contribution in [0.15, 0.2) is 48.0 Å². The van der Waals surface area contributed by atoms with Gasteiger partial charge in [-0.15, -0.1) is 11.3 Å². The summed E-state index contributed by atoms with van der Waals surface area (Å²) in [6.07, 6.45) is 2.41. The summed E-state index contributed by atoms with van der Waals surface area (Å²) in [5.41, 5.74) is 2.08. The quantitative estimate of drug-likeness (QED) is 0.697. The van der Waals surface area contributed by atoms with E-state index in [1.807, 2.05) is 41.4 Å². The molecule has 2 N–H and O–H groups in total. The van der Waals surface area contributed by atoms with Gasteiger partial charge in [0.1, 0.15) is 6.04 Å². The van der Waals surface area contributed by atoms with Gasteiger partial charge < -0.3 is 20.1 Å². The van der Waals surface area contributed by atoms with Gasteiger partial charge in [-0.2, -0.15) is 0 Å². The number of fused-ring (bicyclic) bond motifs is 1. The average Bonchev–Trinajstić information content (AvgIpc) is 3.37. The van der Waals surface area contributed by atoms with Crippen LogP contribution in [0.4, 0.5) is 5.00 Å². The van der Waals surface area contributed by atoms with E-state index in [0.29, 0.717) is 19.5 Å². The van der Waals surface area contributed by atoms with Crippen molar-refractivity contribution in [2.75, 3.05) is 31.1 Å². The first-order valence-corrected chi connectivity index (χ1v) is 10.4. The highest BCUT2D eigenvalue weighted by atomic mass is 32.1. The Hall–Kier alpha value is -2.80. The molecule has 7 heteroatoms. The minimum Gasteiger partial charge on any atom is -0.361 e. The summed E-state index contributed by atoms with van der Waals surface area (Å²) >= 11 is 1.72. The van der Waals surface area contributed by atoms with Crippen LogP contribution in [0.3, 0.4) is 0 Å². The number of nitrogens with zero attached hydrogens (tertiary/aromatic N) is 2. The number of aromatic amines is 1. The number of benzene rings is 1. The smallest absolute Gasteiger partial charge is 0.245 e. The summed E-state index contributed by atoms with van der Waals surface area (Å²) in [6.45, 7) is 4.42. The third kappa shape index (κ3) is 3.89. The number of carbonyl (C=O) groups is 2. The number of para-hydroxylation sites is 1. The number of nitrogens with one attached hydrogen (secondary N) is 2. The van der Waals surface area contributed by atoms with Crippen LogP contribution in [0.1, 0.15) is 12.5 Å². The van der Waals surface area contributed by atoms with Gasteiger partial charge in [-0.3, -0.25) is 9.59 Å². The molecule has 0 bridgehead atoms. The normalized spacial score (nSPS) is 15.6. The molecular formula is C21H24N4O2S. The van der Waals surface area contributed by atoms with Gasteiger partial charge in [0, 0.05) is 56.6 Å². The zero-order valence-electron chi connectivity index (χ0n) is 15.9. The van der Waals surface area contributed by atoms with Crippen molar-refractivity contribution < 1.29 is 9.59 Å². The van der Waals surface area contributed by atoms with E-state index in [1.165, 1.54) is 11.9 Å². The molecule has 3 aromatic rings. The number of hydrogen-bond donors (Lipinski definition) is 2. The maximum Gasteiger partial charge on any atom is 0.245 e. The SMILES string of the molecule is CC(=O)NC(Cc1c[nH]c2ccccc12)C(=O)N1CCN(c2cccs2)CC1. The summed E-state index contributed by atoms with van der Waals surface area (Å²) < 4.78 is 0. The molecule has 0 spiro atoms. The second-order valence-corrected chi connectivity index (χ2v) is 8.01. The van der Waals surface area contributed by atoms with Crippen molar-refractivity contribution in [3.05, 3.63) is 53.5 Å². The Morgan fingerprint density at radius 1 is 1.14 bits per heavy atom. The van der Waals surface area contributed by atoms with E-state index in [4.69, 9.17) is 0 Å². The highest BCUT2D eigenvalue weighted by molar-refractivity contribution is 7.14. The van der Waals surface area contributed by atoms with E-state index in [-0.39, 0.29) is 11.8 Å². The molecule has 1 saturated heterocycles. The molecule has 1 atom stereocenters. The molecule has 28 heavy (non-hydrogen) atoms. The summed E-state index contributed by atoms with van der Waals surface area (Å²) in [4.78, 5) is 32.3. The van der Waals surface area contributed by atoms with Gasteiger partial charge in [0.15, 0.2) is 0 Å². The molecule has 1 fully saturated rings. The molecule has 4 rings (SSSR count). The van der Waals surface area contributed by atoms with E-state index in [2.05, 4.69) is 26.6 Å². The third-order valence-electron chi connectivity index (χ3n) is 5.18. The molecular weight excluding hydrogens is 372 g/mol. The van der Waals surface area contributed by atoms with Crippen molar-refractivity contribution in [1.82, 2.24) is 15.2 Å². The first kappa shape index (κ1) is 18.6. The van der Waals surface area contributed by atoms with Crippen LogP contribution < -0.4 is 10.2 Å². The Morgan fingerprint density at radius 2 is 1.93 bits per heavy atom. The summed E-state index contributed by atoms with van der Waals surface area (Å²) in [5.74, 6) is -0.193. The van der Waals surface area contributed by atoms with Crippen LogP contribution in [0.5, 0.6) is 0 Å². The van der Waals surface area contributed by atoms with E-state index < -0.39 is 6.04 Å². The van der Waals surface area contributed by atoms with Gasteiger partial charge >= 0.3 is 0 Å². The van der Waals surface area contributed by atoms with Gasteiger partial charge in [0.25, 0.3) is 0 Å². The summed E-state index contributed by atoms with van der Waals surface area (Å²) in [5, 5.41) is 7.26. The average molecular weight is 397 g/mol. The standard InChI is InChI=1S/C21H24N4O2S/c1-15(26)23-19(13-16-14-22-18-6-3-2-5-17(16)18)21(27)25-10-8-24(9-11-25)20-7-4-12-28-20/h2-7,12,14,19,22H,8-11,13H2,1H3,(H,23,26). The Bertz CT molecular complexity index is 958. The molecule has 1 aromatic carbocycles. The fourth-order valence-corrected chi connectivity index (χ4v) is 4.57. The number of amides is 2. The largest absolute Gasteiger partial charge is 0.361 e. The fraction of sp³-hybridized carbons (Fsp3) is 0.333. The maximum atomic E-state index is 13.2. The maximum absolute atomic E-state index is 13.2. The number of piperazine rings is 1. The number of rotatable bonds is 5. The van der Waals surface area contributed by atoms with Gasteiger partial charge in [-0.05, 0) is 29.1 Å². The molecule has 0 saturated carbocycles. The second kappa shape index (κ2) is 8.06. The van der Waals surface area contributed by atoms with Crippen LogP contribution in [-0.2, 0) is 16.0 Å². The topological polar surface area (TPSA) is 68.4 Å². The Balaban J connectivity index is 1.46. The van der Waals surface area contributed by atoms with Gasteiger partial charge in [-0.25, -0.2) is 0 Å². The van der Waals surface area contributed by atoms with Gasteiger partial charge in [0.2, 0.25) is 11.8 Å². The summed E-state index contributed by atoms with van der Waals surface area (Å²) in [7, 11) is 0. The molecule has 0 radical (unpaired) electrons. The zero-order valence-corrected chi connectivity index (χ0v) is 16.7. The van der Waals surface area contributed by atoms with Crippen LogP contribution in [0.2, 0.25) is 0 Å². The van der Waals surface area contributed by atoms with Crippen molar-refractivity contribution in [1.29, 1.82) is 0 Å². The number of anilines is 1. The lowest BCUT2D eigenvalue weighted by Gasteiger charge is -2.37. The number of carbonyl (C=O) groups excluding carboxylic acids is 2. The first-order chi connectivity index (χ1) is 13.6.